The number of nitrogens with one attached hydrogen (secondary N) is 2. The number of carbonyl (C=O) groups excluding carboxylic acids is 3. The molecule has 4 amide bonds. The summed E-state index contributed by atoms with van der Waals surface area (Å²) in [6.45, 7) is 1.81. The van der Waals surface area contributed by atoms with Crippen LogP contribution in [-0.2, 0) is 22.2 Å². The SMILES string of the molecule is CCC1(c2ccccc2)NC(=O)N(NC(=O)CCSc2nnnn2C)C1=O. The summed E-state index contributed by atoms with van der Waals surface area (Å²) in [6.07, 6.45) is 0.460. The van der Waals surface area contributed by atoms with Crippen LogP contribution < -0.4 is 10.7 Å². The predicted molar refractivity (Wildman–Crippen MR) is 96.1 cm³/mol. The molecule has 11 heteroatoms. The van der Waals surface area contributed by atoms with Crippen molar-refractivity contribution in [2.45, 2.75) is 30.5 Å². The van der Waals surface area contributed by atoms with E-state index in [1.807, 2.05) is 13.0 Å². The van der Waals surface area contributed by atoms with Gasteiger partial charge in [0.15, 0.2) is 0 Å². The summed E-state index contributed by atoms with van der Waals surface area (Å²) in [5.74, 6) is -0.540. The molecule has 0 aliphatic carbocycles. The van der Waals surface area contributed by atoms with Crippen LogP contribution in [0.5, 0.6) is 0 Å². The van der Waals surface area contributed by atoms with E-state index in [-0.39, 0.29) is 6.42 Å². The average molecular weight is 389 g/mol. The maximum atomic E-state index is 12.9. The van der Waals surface area contributed by atoms with Crippen LogP contribution in [0.2, 0.25) is 0 Å². The van der Waals surface area contributed by atoms with E-state index in [2.05, 4.69) is 26.3 Å². The number of aromatic nitrogens is 4. The molecule has 1 atom stereocenters. The number of urea groups is 1. The van der Waals surface area contributed by atoms with Gasteiger partial charge in [0.2, 0.25) is 11.1 Å². The lowest BCUT2D eigenvalue weighted by molar-refractivity contribution is -0.139. The van der Waals surface area contributed by atoms with E-state index < -0.39 is 23.4 Å². The van der Waals surface area contributed by atoms with Crippen molar-refractivity contribution in [3.63, 3.8) is 0 Å². The number of thioether (sulfide) groups is 1. The lowest BCUT2D eigenvalue weighted by Crippen LogP contribution is -2.48. The Morgan fingerprint density at radius 2 is 2.04 bits per heavy atom. The number of nitrogens with zero attached hydrogens (tertiary/aromatic N) is 5. The molecule has 2 aromatic rings. The van der Waals surface area contributed by atoms with Crippen molar-refractivity contribution >= 4 is 29.6 Å². The predicted octanol–water partition coefficient (Wildman–Crippen LogP) is 0.581. The van der Waals surface area contributed by atoms with Crippen molar-refractivity contribution in [1.29, 1.82) is 0 Å². The molecule has 1 fully saturated rings. The number of hydrogen-bond acceptors (Lipinski definition) is 7. The van der Waals surface area contributed by atoms with Crippen molar-refractivity contribution in [1.82, 2.24) is 36.0 Å². The molecule has 1 aromatic heterocycles. The molecule has 0 spiro atoms. The summed E-state index contributed by atoms with van der Waals surface area (Å²) >= 11 is 1.30. The van der Waals surface area contributed by atoms with Gasteiger partial charge in [-0.15, -0.1) is 5.10 Å². The molecule has 1 aromatic carbocycles. The van der Waals surface area contributed by atoms with Crippen LogP contribution in [0, 0.1) is 0 Å². The third kappa shape index (κ3) is 3.63. The van der Waals surface area contributed by atoms with Crippen LogP contribution in [-0.4, -0.2) is 48.8 Å². The van der Waals surface area contributed by atoms with E-state index >= 15 is 0 Å². The number of hydrogen-bond donors (Lipinski definition) is 2. The molecule has 1 aliphatic rings. The van der Waals surface area contributed by atoms with Gasteiger partial charge >= 0.3 is 6.03 Å². The fraction of sp³-hybridized carbons (Fsp3) is 0.375. The van der Waals surface area contributed by atoms with Gasteiger partial charge in [-0.1, -0.05) is 49.0 Å². The van der Waals surface area contributed by atoms with Crippen molar-refractivity contribution in [2.75, 3.05) is 5.75 Å². The number of tetrazole rings is 1. The van der Waals surface area contributed by atoms with Crippen LogP contribution in [0.15, 0.2) is 35.5 Å². The van der Waals surface area contributed by atoms with Gasteiger partial charge in [-0.25, -0.2) is 9.48 Å². The molecule has 1 unspecified atom stereocenters. The smallest absolute Gasteiger partial charge is 0.318 e. The third-order valence-electron chi connectivity index (χ3n) is 4.27. The number of imide groups is 1. The Balaban J connectivity index is 1.63. The second-order valence-corrected chi connectivity index (χ2v) is 6.98. The van der Waals surface area contributed by atoms with Crippen LogP contribution in [0.1, 0.15) is 25.3 Å². The van der Waals surface area contributed by atoms with Gasteiger partial charge in [0.1, 0.15) is 5.54 Å². The zero-order valence-corrected chi connectivity index (χ0v) is 15.7. The minimum absolute atomic E-state index is 0.0963. The molecule has 0 saturated carbocycles. The lowest BCUT2D eigenvalue weighted by atomic mass is 9.87. The minimum Gasteiger partial charge on any atom is -0.318 e. The highest BCUT2D eigenvalue weighted by molar-refractivity contribution is 7.99. The summed E-state index contributed by atoms with van der Waals surface area (Å²) in [4.78, 5) is 37.4. The maximum absolute atomic E-state index is 12.9. The normalized spacial score (nSPS) is 19.3. The number of amides is 4. The van der Waals surface area contributed by atoms with Gasteiger partial charge in [0, 0.05) is 19.2 Å². The Kier molecular flexibility index (Phi) is 5.40. The van der Waals surface area contributed by atoms with Crippen molar-refractivity contribution in [2.24, 2.45) is 7.05 Å². The first-order valence-corrected chi connectivity index (χ1v) is 9.33. The fourth-order valence-electron chi connectivity index (χ4n) is 2.80. The van der Waals surface area contributed by atoms with Gasteiger partial charge in [-0.05, 0) is 22.4 Å². The van der Waals surface area contributed by atoms with Crippen LogP contribution >= 0.6 is 11.8 Å². The van der Waals surface area contributed by atoms with Gasteiger partial charge in [0.25, 0.3) is 5.91 Å². The number of rotatable bonds is 7. The first-order valence-electron chi connectivity index (χ1n) is 8.35. The quantitative estimate of drug-likeness (QED) is 0.525. The number of benzene rings is 1. The standard InChI is InChI=1S/C16H19N7O3S/c1-3-16(11-7-5-4-6-8-11)13(25)23(14(26)17-16)19-12(24)9-10-27-15-18-20-21-22(15)2/h4-8H,3,9-10H2,1-2H3,(H,17,26)(H,19,24). The summed E-state index contributed by atoms with van der Waals surface area (Å²) in [5, 5.41) is 15.1. The third-order valence-corrected chi connectivity index (χ3v) is 5.28. The molecule has 2 heterocycles. The largest absolute Gasteiger partial charge is 0.344 e. The average Bonchev–Trinajstić information content (AvgIpc) is 3.19. The second-order valence-electron chi connectivity index (χ2n) is 5.91. The summed E-state index contributed by atoms with van der Waals surface area (Å²) in [6, 6.07) is 8.33. The molecule has 27 heavy (non-hydrogen) atoms. The van der Waals surface area contributed by atoms with Gasteiger partial charge in [0.05, 0.1) is 0 Å². The molecule has 142 valence electrons. The topological polar surface area (TPSA) is 122 Å². The van der Waals surface area contributed by atoms with E-state index in [1.54, 1.807) is 31.3 Å². The number of carbonyl (C=O) groups is 3. The van der Waals surface area contributed by atoms with E-state index in [0.717, 1.165) is 5.01 Å². The lowest BCUT2D eigenvalue weighted by Gasteiger charge is -2.25. The van der Waals surface area contributed by atoms with Gasteiger partial charge in [-0.3, -0.25) is 15.0 Å². The fourth-order valence-corrected chi connectivity index (χ4v) is 3.59. The van der Waals surface area contributed by atoms with Gasteiger partial charge in [-0.2, -0.15) is 5.01 Å². The van der Waals surface area contributed by atoms with Gasteiger partial charge < -0.3 is 5.32 Å². The Morgan fingerprint density at radius 1 is 1.30 bits per heavy atom. The van der Waals surface area contributed by atoms with Crippen molar-refractivity contribution in [3.05, 3.63) is 35.9 Å². The molecule has 0 bridgehead atoms. The Labute approximate surface area is 159 Å². The van der Waals surface area contributed by atoms with Crippen LogP contribution in [0.4, 0.5) is 4.79 Å². The molecule has 2 N–H and O–H groups in total. The highest BCUT2D eigenvalue weighted by Gasteiger charge is 2.52. The monoisotopic (exact) mass is 389 g/mol. The maximum Gasteiger partial charge on any atom is 0.344 e. The van der Waals surface area contributed by atoms with Crippen molar-refractivity contribution < 1.29 is 14.4 Å². The molecule has 3 rings (SSSR count). The Morgan fingerprint density at radius 3 is 2.67 bits per heavy atom. The Hall–Kier alpha value is -2.95. The number of aryl methyl sites for hydroxylation is 1. The summed E-state index contributed by atoms with van der Waals surface area (Å²) in [5.41, 5.74) is 1.89. The van der Waals surface area contributed by atoms with Crippen LogP contribution in [0.25, 0.3) is 0 Å². The highest BCUT2D eigenvalue weighted by atomic mass is 32.2. The Bertz CT molecular complexity index is 857. The van der Waals surface area contributed by atoms with Crippen molar-refractivity contribution in [3.8, 4) is 0 Å². The summed E-state index contributed by atoms with van der Waals surface area (Å²) < 4.78 is 1.50. The molecule has 1 saturated heterocycles. The van der Waals surface area contributed by atoms with Crippen LogP contribution in [0.3, 0.4) is 0 Å². The molecule has 10 nitrogen and oxygen atoms in total. The van der Waals surface area contributed by atoms with E-state index in [4.69, 9.17) is 0 Å². The molecular formula is C16H19N7O3S. The first-order chi connectivity index (χ1) is 13.0. The summed E-state index contributed by atoms with van der Waals surface area (Å²) in [7, 11) is 1.70. The zero-order chi connectivity index (χ0) is 19.4. The minimum atomic E-state index is -1.18. The highest BCUT2D eigenvalue weighted by Crippen LogP contribution is 2.31. The van der Waals surface area contributed by atoms with E-state index in [9.17, 15) is 14.4 Å². The van der Waals surface area contributed by atoms with E-state index in [1.165, 1.54) is 16.4 Å². The van der Waals surface area contributed by atoms with E-state index in [0.29, 0.717) is 22.9 Å². The number of hydrazine groups is 1. The zero-order valence-electron chi connectivity index (χ0n) is 14.9. The first kappa shape index (κ1) is 18.8. The second kappa shape index (κ2) is 7.74. The molecular weight excluding hydrogens is 370 g/mol. The molecule has 1 aliphatic heterocycles. The molecule has 0 radical (unpaired) electrons.